The van der Waals surface area contributed by atoms with Crippen molar-refractivity contribution in [3.05, 3.63) is 34.4 Å². The van der Waals surface area contributed by atoms with Crippen molar-refractivity contribution in [3.63, 3.8) is 0 Å². The van der Waals surface area contributed by atoms with Gasteiger partial charge in [-0.05, 0) is 92.9 Å². The highest BCUT2D eigenvalue weighted by atomic mass is 14.3. The van der Waals surface area contributed by atoms with Gasteiger partial charge in [0.1, 0.15) is 0 Å². The van der Waals surface area contributed by atoms with Gasteiger partial charge >= 0.3 is 0 Å². The first-order chi connectivity index (χ1) is 10.1. The van der Waals surface area contributed by atoms with Crippen molar-refractivity contribution in [1.29, 1.82) is 0 Å². The molecular formula is C23H40. The van der Waals surface area contributed by atoms with E-state index in [-0.39, 0.29) is 14.9 Å². The zero-order valence-corrected chi connectivity index (χ0v) is 14.3. The highest BCUT2D eigenvalue weighted by molar-refractivity contribution is 5.38. The van der Waals surface area contributed by atoms with Crippen molar-refractivity contribution in [2.75, 3.05) is 0 Å². The molecule has 2 fully saturated rings. The van der Waals surface area contributed by atoms with E-state index >= 15 is 0 Å². The van der Waals surface area contributed by atoms with E-state index in [1.54, 1.807) is 12.0 Å². The van der Waals surface area contributed by atoms with Gasteiger partial charge in [-0.15, -0.1) is 0 Å². The van der Waals surface area contributed by atoms with Gasteiger partial charge in [-0.1, -0.05) is 52.7 Å². The number of benzene rings is 1. The second-order valence-electron chi connectivity index (χ2n) is 7.88. The van der Waals surface area contributed by atoms with Crippen molar-refractivity contribution in [2.24, 2.45) is 11.8 Å². The van der Waals surface area contributed by atoms with E-state index < -0.39 is 0 Å². The van der Waals surface area contributed by atoms with Gasteiger partial charge in [0.2, 0.25) is 0 Å². The molecule has 0 nitrogen and oxygen atoms in total. The fourth-order valence-electron chi connectivity index (χ4n) is 4.75. The van der Waals surface area contributed by atoms with Crippen LogP contribution in [0.2, 0.25) is 0 Å². The summed E-state index contributed by atoms with van der Waals surface area (Å²) < 4.78 is 0. The summed E-state index contributed by atoms with van der Waals surface area (Å²) in [6.45, 7) is 6.81. The van der Waals surface area contributed by atoms with Gasteiger partial charge in [0.25, 0.3) is 0 Å². The van der Waals surface area contributed by atoms with E-state index in [0.29, 0.717) is 0 Å². The maximum atomic E-state index is 2.46. The molecule has 0 bridgehead atoms. The maximum absolute atomic E-state index is 2.46. The Bertz CT molecular complexity index is 448. The molecule has 0 spiro atoms. The summed E-state index contributed by atoms with van der Waals surface area (Å²) in [4.78, 5) is 0. The minimum atomic E-state index is 0. The summed E-state index contributed by atoms with van der Waals surface area (Å²) in [6, 6.07) is 4.93. The molecule has 0 unspecified atom stereocenters. The van der Waals surface area contributed by atoms with Crippen molar-refractivity contribution in [2.45, 2.75) is 99.3 Å². The molecule has 2 saturated carbocycles. The van der Waals surface area contributed by atoms with Crippen LogP contribution in [0.1, 0.15) is 101 Å². The van der Waals surface area contributed by atoms with Crippen LogP contribution in [0.5, 0.6) is 0 Å². The quantitative estimate of drug-likeness (QED) is 0.535. The van der Waals surface area contributed by atoms with E-state index in [9.17, 15) is 0 Å². The smallest absolute Gasteiger partial charge is 0.0162 e. The Labute approximate surface area is 146 Å². The Morgan fingerprint density at radius 3 is 1.74 bits per heavy atom. The molecule has 1 aromatic rings. The SMILES string of the molecule is C.C.Cc1cc(C2CCC(CC3CCCC3)CC2)cc(C)c1C. The van der Waals surface area contributed by atoms with Crippen LogP contribution < -0.4 is 0 Å². The van der Waals surface area contributed by atoms with Gasteiger partial charge in [0.05, 0.1) is 0 Å². The van der Waals surface area contributed by atoms with E-state index in [4.69, 9.17) is 0 Å². The fraction of sp³-hybridized carbons (Fsp3) is 0.739. The average Bonchev–Trinajstić information content (AvgIpc) is 2.98. The molecule has 0 aromatic heterocycles. The van der Waals surface area contributed by atoms with Crippen LogP contribution in [0, 0.1) is 32.6 Å². The van der Waals surface area contributed by atoms with Crippen molar-refractivity contribution in [3.8, 4) is 0 Å². The monoisotopic (exact) mass is 316 g/mol. The molecule has 0 amide bonds. The lowest BCUT2D eigenvalue weighted by Crippen LogP contribution is -2.16. The third kappa shape index (κ3) is 4.85. The Morgan fingerprint density at radius 1 is 0.739 bits per heavy atom. The second-order valence-corrected chi connectivity index (χ2v) is 7.88. The van der Waals surface area contributed by atoms with E-state index in [2.05, 4.69) is 32.9 Å². The molecule has 0 radical (unpaired) electrons. The Balaban J connectivity index is 0.00000132. The number of hydrogen-bond acceptors (Lipinski definition) is 0. The second kappa shape index (κ2) is 8.90. The van der Waals surface area contributed by atoms with Crippen LogP contribution in [0.25, 0.3) is 0 Å². The number of aryl methyl sites for hydroxylation is 2. The fourth-order valence-corrected chi connectivity index (χ4v) is 4.75. The van der Waals surface area contributed by atoms with Crippen LogP contribution in [-0.4, -0.2) is 0 Å². The highest BCUT2D eigenvalue weighted by Crippen LogP contribution is 2.41. The van der Waals surface area contributed by atoms with Crippen molar-refractivity contribution < 1.29 is 0 Å². The molecule has 23 heavy (non-hydrogen) atoms. The average molecular weight is 317 g/mol. The molecule has 0 heterocycles. The van der Waals surface area contributed by atoms with Gasteiger partial charge in [-0.25, -0.2) is 0 Å². The van der Waals surface area contributed by atoms with E-state index in [1.807, 2.05) is 0 Å². The topological polar surface area (TPSA) is 0 Å². The number of rotatable bonds is 3. The normalized spacial score (nSPS) is 24.8. The van der Waals surface area contributed by atoms with E-state index in [0.717, 1.165) is 17.8 Å². The summed E-state index contributed by atoms with van der Waals surface area (Å²) in [5.41, 5.74) is 6.07. The van der Waals surface area contributed by atoms with Crippen LogP contribution in [0.3, 0.4) is 0 Å². The minimum Gasteiger partial charge on any atom is -0.0776 e. The Hall–Kier alpha value is -0.780. The number of hydrogen-bond donors (Lipinski definition) is 0. The standard InChI is InChI=1S/C21H32.2CH4/c1-15-12-21(13-16(2)17(15)3)20-10-8-19(9-11-20)14-18-6-4-5-7-18;;/h12-13,18-20H,4-11,14H2,1-3H3;2*1H4. The molecule has 0 heteroatoms. The molecule has 0 aliphatic heterocycles. The zero-order valence-electron chi connectivity index (χ0n) is 14.3. The molecule has 2 aliphatic rings. The van der Waals surface area contributed by atoms with Crippen LogP contribution in [0.15, 0.2) is 12.1 Å². The zero-order chi connectivity index (χ0) is 14.8. The third-order valence-corrected chi connectivity index (χ3v) is 6.41. The lowest BCUT2D eigenvalue weighted by atomic mass is 9.75. The highest BCUT2D eigenvalue weighted by Gasteiger charge is 2.26. The van der Waals surface area contributed by atoms with Gasteiger partial charge in [0, 0.05) is 0 Å². The summed E-state index contributed by atoms with van der Waals surface area (Å²) >= 11 is 0. The largest absolute Gasteiger partial charge is 0.0776 e. The maximum Gasteiger partial charge on any atom is -0.0162 e. The molecular weight excluding hydrogens is 276 g/mol. The van der Waals surface area contributed by atoms with Crippen molar-refractivity contribution >= 4 is 0 Å². The van der Waals surface area contributed by atoms with Crippen LogP contribution >= 0.6 is 0 Å². The Kier molecular flexibility index (Phi) is 7.84. The molecule has 0 saturated heterocycles. The van der Waals surface area contributed by atoms with Gasteiger partial charge < -0.3 is 0 Å². The molecule has 2 aliphatic carbocycles. The lowest BCUT2D eigenvalue weighted by Gasteiger charge is -2.31. The predicted molar refractivity (Wildman–Crippen MR) is 105 cm³/mol. The molecule has 1 aromatic carbocycles. The summed E-state index contributed by atoms with van der Waals surface area (Å²) in [6.07, 6.45) is 13.4. The predicted octanol–water partition coefficient (Wildman–Crippen LogP) is 7.74. The van der Waals surface area contributed by atoms with Crippen LogP contribution in [-0.2, 0) is 0 Å². The third-order valence-electron chi connectivity index (χ3n) is 6.41. The first-order valence-electron chi connectivity index (χ1n) is 9.21. The minimum absolute atomic E-state index is 0. The van der Waals surface area contributed by atoms with Gasteiger partial charge in [-0.3, -0.25) is 0 Å². The van der Waals surface area contributed by atoms with Crippen LogP contribution in [0.4, 0.5) is 0 Å². The first kappa shape index (κ1) is 20.3. The Morgan fingerprint density at radius 2 is 1.22 bits per heavy atom. The molecule has 0 atom stereocenters. The lowest BCUT2D eigenvalue weighted by molar-refractivity contribution is 0.270. The molecule has 0 N–H and O–H groups in total. The van der Waals surface area contributed by atoms with Crippen molar-refractivity contribution in [1.82, 2.24) is 0 Å². The summed E-state index contributed by atoms with van der Waals surface area (Å²) in [5.74, 6) is 2.95. The van der Waals surface area contributed by atoms with E-state index in [1.165, 1.54) is 68.1 Å². The van der Waals surface area contributed by atoms with Gasteiger partial charge in [-0.2, -0.15) is 0 Å². The molecule has 132 valence electrons. The summed E-state index contributed by atoms with van der Waals surface area (Å²) in [7, 11) is 0. The molecule has 3 rings (SSSR count). The summed E-state index contributed by atoms with van der Waals surface area (Å²) in [5, 5.41) is 0. The van der Waals surface area contributed by atoms with Gasteiger partial charge in [0.15, 0.2) is 0 Å². The first-order valence-corrected chi connectivity index (χ1v) is 9.21.